The summed E-state index contributed by atoms with van der Waals surface area (Å²) in [5, 5.41) is 8.43. The van der Waals surface area contributed by atoms with Gasteiger partial charge in [0.1, 0.15) is 0 Å². The normalized spacial score (nSPS) is 10.5. The molecular weight excluding hydrogens is 180 g/mol. The Bertz CT molecular complexity index is 412. The second kappa shape index (κ2) is 3.18. The molecule has 0 radical (unpaired) electrons. The van der Waals surface area contributed by atoms with Gasteiger partial charge < -0.3 is 5.73 Å². The third kappa shape index (κ3) is 1.70. The molecule has 2 aromatic rings. The topological polar surface area (TPSA) is 49.9 Å². The predicted molar refractivity (Wildman–Crippen MR) is 57.4 cm³/mol. The van der Waals surface area contributed by atoms with Crippen LogP contribution in [-0.4, -0.2) is 5.84 Å². The lowest BCUT2D eigenvalue weighted by Gasteiger charge is -1.90. The SMILES string of the molecule is N=C(N)Cc1cc2ccccc2s1. The summed E-state index contributed by atoms with van der Waals surface area (Å²) in [6.45, 7) is 0. The Balaban J connectivity index is 2.44. The number of rotatable bonds is 2. The molecule has 0 aliphatic carbocycles. The van der Waals surface area contributed by atoms with Gasteiger partial charge in [0, 0.05) is 16.0 Å². The smallest absolute Gasteiger partial charge is 0.0958 e. The molecule has 0 amide bonds. The first-order valence-electron chi connectivity index (χ1n) is 4.06. The number of thiophene rings is 1. The van der Waals surface area contributed by atoms with Gasteiger partial charge in [-0.3, -0.25) is 5.41 Å². The molecule has 66 valence electrons. The molecule has 3 N–H and O–H groups in total. The van der Waals surface area contributed by atoms with Crippen molar-refractivity contribution in [2.75, 3.05) is 0 Å². The summed E-state index contributed by atoms with van der Waals surface area (Å²) < 4.78 is 1.26. The minimum Gasteiger partial charge on any atom is -0.387 e. The Hall–Kier alpha value is -1.35. The predicted octanol–water partition coefficient (Wildman–Crippen LogP) is 2.38. The zero-order valence-corrected chi connectivity index (χ0v) is 7.90. The Labute approximate surface area is 80.5 Å². The van der Waals surface area contributed by atoms with Crippen LogP contribution >= 0.6 is 11.3 Å². The van der Waals surface area contributed by atoms with Crippen LogP contribution in [0.3, 0.4) is 0 Å². The molecule has 0 bridgehead atoms. The molecule has 2 nitrogen and oxygen atoms in total. The fraction of sp³-hybridized carbons (Fsp3) is 0.100. The molecule has 0 unspecified atom stereocenters. The Morgan fingerprint density at radius 3 is 2.85 bits per heavy atom. The van der Waals surface area contributed by atoms with Gasteiger partial charge in [-0.15, -0.1) is 11.3 Å². The number of nitrogens with one attached hydrogen (secondary N) is 1. The monoisotopic (exact) mass is 190 g/mol. The van der Waals surface area contributed by atoms with E-state index in [4.69, 9.17) is 11.1 Å². The van der Waals surface area contributed by atoms with Gasteiger partial charge in [0.15, 0.2) is 0 Å². The summed E-state index contributed by atoms with van der Waals surface area (Å²) in [7, 11) is 0. The molecule has 13 heavy (non-hydrogen) atoms. The van der Waals surface area contributed by atoms with Gasteiger partial charge in [0.05, 0.1) is 5.84 Å². The van der Waals surface area contributed by atoms with E-state index in [1.165, 1.54) is 10.1 Å². The molecule has 0 fully saturated rings. The van der Waals surface area contributed by atoms with E-state index in [0.717, 1.165) is 4.88 Å². The van der Waals surface area contributed by atoms with Gasteiger partial charge in [0.2, 0.25) is 0 Å². The first kappa shape index (κ1) is 8.26. The average molecular weight is 190 g/mol. The minimum absolute atomic E-state index is 0.228. The highest BCUT2D eigenvalue weighted by atomic mass is 32.1. The molecule has 1 heterocycles. The molecule has 0 aliphatic heterocycles. The molecule has 0 saturated carbocycles. The molecule has 0 saturated heterocycles. The van der Waals surface area contributed by atoms with E-state index in [9.17, 15) is 0 Å². The van der Waals surface area contributed by atoms with Crippen molar-refractivity contribution in [3.63, 3.8) is 0 Å². The number of benzene rings is 1. The van der Waals surface area contributed by atoms with Crippen LogP contribution in [0.4, 0.5) is 0 Å². The zero-order valence-electron chi connectivity index (χ0n) is 7.08. The van der Waals surface area contributed by atoms with E-state index < -0.39 is 0 Å². The van der Waals surface area contributed by atoms with Crippen molar-refractivity contribution in [1.29, 1.82) is 5.41 Å². The van der Waals surface area contributed by atoms with Crippen LogP contribution in [0.5, 0.6) is 0 Å². The lowest BCUT2D eigenvalue weighted by molar-refractivity contribution is 1.29. The summed E-state index contributed by atoms with van der Waals surface area (Å²) in [6, 6.07) is 10.3. The minimum atomic E-state index is 0.228. The maximum Gasteiger partial charge on any atom is 0.0958 e. The second-order valence-electron chi connectivity index (χ2n) is 2.95. The van der Waals surface area contributed by atoms with Gasteiger partial charge in [-0.05, 0) is 17.5 Å². The molecule has 1 aromatic heterocycles. The van der Waals surface area contributed by atoms with Gasteiger partial charge in [0.25, 0.3) is 0 Å². The van der Waals surface area contributed by atoms with E-state index >= 15 is 0 Å². The van der Waals surface area contributed by atoms with Crippen molar-refractivity contribution in [2.45, 2.75) is 6.42 Å². The average Bonchev–Trinajstić information content (AvgIpc) is 2.44. The summed E-state index contributed by atoms with van der Waals surface area (Å²) in [5.41, 5.74) is 5.34. The van der Waals surface area contributed by atoms with Crippen LogP contribution in [0.25, 0.3) is 10.1 Å². The first-order chi connectivity index (χ1) is 6.25. The largest absolute Gasteiger partial charge is 0.387 e. The third-order valence-electron chi connectivity index (χ3n) is 1.84. The summed E-state index contributed by atoms with van der Waals surface area (Å²) in [4.78, 5) is 1.16. The number of nitrogens with two attached hydrogens (primary N) is 1. The molecule has 3 heteroatoms. The standard InChI is InChI=1S/C10H10N2S/c11-10(12)6-8-5-7-3-1-2-4-9(7)13-8/h1-5H,6H2,(H3,11,12). The summed E-state index contributed by atoms with van der Waals surface area (Å²) >= 11 is 1.70. The maximum absolute atomic E-state index is 7.19. The van der Waals surface area contributed by atoms with Crippen molar-refractivity contribution < 1.29 is 0 Å². The molecule has 0 spiro atoms. The summed E-state index contributed by atoms with van der Waals surface area (Å²) in [6.07, 6.45) is 0.569. The van der Waals surface area contributed by atoms with Crippen molar-refractivity contribution >= 4 is 27.3 Å². The van der Waals surface area contributed by atoms with Crippen LogP contribution in [-0.2, 0) is 6.42 Å². The van der Waals surface area contributed by atoms with Crippen molar-refractivity contribution in [3.05, 3.63) is 35.2 Å². The molecule has 0 atom stereocenters. The number of amidine groups is 1. The Kier molecular flexibility index (Phi) is 2.02. The second-order valence-corrected chi connectivity index (χ2v) is 4.12. The summed E-state index contributed by atoms with van der Waals surface area (Å²) in [5.74, 6) is 0.228. The molecule has 0 aliphatic rings. The van der Waals surface area contributed by atoms with Crippen LogP contribution in [0, 0.1) is 5.41 Å². The lowest BCUT2D eigenvalue weighted by Crippen LogP contribution is -2.11. The van der Waals surface area contributed by atoms with Gasteiger partial charge >= 0.3 is 0 Å². The van der Waals surface area contributed by atoms with Gasteiger partial charge in [-0.25, -0.2) is 0 Å². The van der Waals surface area contributed by atoms with Crippen LogP contribution in [0.15, 0.2) is 30.3 Å². The van der Waals surface area contributed by atoms with Gasteiger partial charge in [-0.1, -0.05) is 18.2 Å². The van der Waals surface area contributed by atoms with E-state index in [1.807, 2.05) is 12.1 Å². The van der Waals surface area contributed by atoms with E-state index in [1.54, 1.807) is 11.3 Å². The highest BCUT2D eigenvalue weighted by Gasteiger charge is 2.01. The zero-order chi connectivity index (χ0) is 9.26. The molecular formula is C10H10N2S. The molecule has 2 rings (SSSR count). The van der Waals surface area contributed by atoms with Crippen molar-refractivity contribution in [3.8, 4) is 0 Å². The Morgan fingerprint density at radius 2 is 2.15 bits per heavy atom. The van der Waals surface area contributed by atoms with Crippen LogP contribution in [0.1, 0.15) is 4.88 Å². The highest BCUT2D eigenvalue weighted by Crippen LogP contribution is 2.25. The van der Waals surface area contributed by atoms with Gasteiger partial charge in [-0.2, -0.15) is 0 Å². The van der Waals surface area contributed by atoms with Crippen molar-refractivity contribution in [2.24, 2.45) is 5.73 Å². The van der Waals surface area contributed by atoms with E-state index in [-0.39, 0.29) is 5.84 Å². The quantitative estimate of drug-likeness (QED) is 0.554. The van der Waals surface area contributed by atoms with E-state index in [0.29, 0.717) is 6.42 Å². The third-order valence-corrected chi connectivity index (χ3v) is 2.96. The fourth-order valence-electron chi connectivity index (χ4n) is 1.31. The van der Waals surface area contributed by atoms with Crippen molar-refractivity contribution in [1.82, 2.24) is 0 Å². The molecule has 1 aromatic carbocycles. The number of hydrogen-bond donors (Lipinski definition) is 2. The first-order valence-corrected chi connectivity index (χ1v) is 4.88. The lowest BCUT2D eigenvalue weighted by atomic mass is 10.2. The van der Waals surface area contributed by atoms with Crippen LogP contribution < -0.4 is 5.73 Å². The maximum atomic E-state index is 7.19. The highest BCUT2D eigenvalue weighted by molar-refractivity contribution is 7.19. The fourth-order valence-corrected chi connectivity index (χ4v) is 2.40. The Morgan fingerprint density at radius 1 is 1.38 bits per heavy atom. The van der Waals surface area contributed by atoms with E-state index in [2.05, 4.69) is 18.2 Å². The number of fused-ring (bicyclic) bond motifs is 1. The number of hydrogen-bond acceptors (Lipinski definition) is 2. The van der Waals surface area contributed by atoms with Crippen LogP contribution in [0.2, 0.25) is 0 Å².